The number of nitrogens with zero attached hydrogens (tertiary/aromatic N) is 4. The van der Waals surface area contributed by atoms with E-state index in [1.165, 1.54) is 22.0 Å². The number of hydrogen-bond acceptors (Lipinski definition) is 4. The Labute approximate surface area is 313 Å². The minimum Gasteiger partial charge on any atom is -0.507 e. The second-order valence-electron chi connectivity index (χ2n) is 16.7. The lowest BCUT2D eigenvalue weighted by Crippen LogP contribution is -2.10. The van der Waals surface area contributed by atoms with Gasteiger partial charge in [-0.3, -0.25) is 9.98 Å². The van der Waals surface area contributed by atoms with Crippen molar-refractivity contribution in [3.05, 3.63) is 106 Å². The van der Waals surface area contributed by atoms with E-state index in [-0.39, 0.29) is 22.3 Å². The molecule has 6 heteroatoms. The molecule has 53 heavy (non-hydrogen) atoms. The van der Waals surface area contributed by atoms with E-state index in [2.05, 4.69) is 108 Å². The average molecular weight is 705 g/mol. The second kappa shape index (κ2) is 13.2. The summed E-state index contributed by atoms with van der Waals surface area (Å²) in [6.07, 6.45) is 5.66. The molecule has 0 saturated heterocycles. The summed E-state index contributed by atoms with van der Waals surface area (Å²) in [6, 6.07) is 24.9. The molecule has 7 aromatic rings. The van der Waals surface area contributed by atoms with Crippen LogP contribution in [-0.2, 0) is 24.4 Å². The number of aromatic nitrogens is 2. The van der Waals surface area contributed by atoms with Crippen LogP contribution < -0.4 is 0 Å². The number of fused-ring (bicyclic) bond motifs is 6. The Kier molecular flexibility index (Phi) is 9.00. The highest BCUT2D eigenvalue weighted by atomic mass is 16.3. The molecule has 0 aliphatic rings. The van der Waals surface area contributed by atoms with E-state index >= 15 is 0 Å². The van der Waals surface area contributed by atoms with Gasteiger partial charge in [0.05, 0.1) is 22.4 Å². The maximum atomic E-state index is 11.5. The highest BCUT2D eigenvalue weighted by molar-refractivity contribution is 6.13. The first-order chi connectivity index (χ1) is 25.1. The van der Waals surface area contributed by atoms with Crippen molar-refractivity contribution in [2.75, 3.05) is 0 Å². The van der Waals surface area contributed by atoms with Crippen LogP contribution in [0.2, 0.25) is 0 Å². The smallest absolute Gasteiger partial charge is 0.125 e. The predicted molar refractivity (Wildman–Crippen MR) is 226 cm³/mol. The Bertz CT molecular complexity index is 2620. The first-order valence-electron chi connectivity index (χ1n) is 18.8. The van der Waals surface area contributed by atoms with E-state index in [1.54, 1.807) is 12.4 Å². The van der Waals surface area contributed by atoms with E-state index in [9.17, 15) is 10.2 Å². The quantitative estimate of drug-likeness (QED) is 0.162. The van der Waals surface area contributed by atoms with Gasteiger partial charge in [-0.15, -0.1) is 0 Å². The van der Waals surface area contributed by atoms with Gasteiger partial charge in [-0.05, 0) is 102 Å². The molecule has 0 amide bonds. The van der Waals surface area contributed by atoms with Gasteiger partial charge in [0.25, 0.3) is 0 Å². The monoisotopic (exact) mass is 704 g/mol. The summed E-state index contributed by atoms with van der Waals surface area (Å²) in [7, 11) is 2.08. The Morgan fingerprint density at radius 1 is 0.623 bits per heavy atom. The van der Waals surface area contributed by atoms with Crippen LogP contribution in [0.5, 0.6) is 11.5 Å². The van der Waals surface area contributed by atoms with Gasteiger partial charge in [0, 0.05) is 69.7 Å². The molecule has 2 N–H and O–H groups in total. The number of rotatable bonds is 7. The van der Waals surface area contributed by atoms with Crippen LogP contribution in [0.1, 0.15) is 94.7 Å². The van der Waals surface area contributed by atoms with E-state index in [4.69, 9.17) is 9.98 Å². The Morgan fingerprint density at radius 2 is 1.09 bits per heavy atom. The summed E-state index contributed by atoms with van der Waals surface area (Å²) in [5.74, 6) is 0.393. The van der Waals surface area contributed by atoms with Gasteiger partial charge in [0.15, 0.2) is 0 Å². The zero-order valence-corrected chi connectivity index (χ0v) is 32.9. The topological polar surface area (TPSA) is 75.0 Å². The number of benzene rings is 5. The molecule has 0 atom stereocenters. The number of aliphatic imine (C=N–C) groups is 2. The highest BCUT2D eigenvalue weighted by Crippen LogP contribution is 2.40. The molecule has 0 bridgehead atoms. The van der Waals surface area contributed by atoms with Crippen LogP contribution in [0, 0.1) is 13.8 Å². The maximum Gasteiger partial charge on any atom is 0.125 e. The van der Waals surface area contributed by atoms with Gasteiger partial charge in [0.2, 0.25) is 0 Å². The fourth-order valence-corrected chi connectivity index (χ4v) is 7.83. The molecule has 2 aromatic heterocycles. The van der Waals surface area contributed by atoms with Gasteiger partial charge >= 0.3 is 0 Å². The molecule has 0 saturated carbocycles. The third-order valence-electron chi connectivity index (χ3n) is 11.0. The van der Waals surface area contributed by atoms with Gasteiger partial charge in [-0.2, -0.15) is 0 Å². The molecule has 0 aliphatic heterocycles. The van der Waals surface area contributed by atoms with Crippen LogP contribution in [0.25, 0.3) is 43.6 Å². The zero-order chi connectivity index (χ0) is 38.0. The zero-order valence-electron chi connectivity index (χ0n) is 32.9. The van der Waals surface area contributed by atoms with E-state index in [0.29, 0.717) is 22.5 Å². The number of unbranched alkanes of at least 4 members (excludes halogenated alkanes) is 1. The molecule has 6 nitrogen and oxygen atoms in total. The Morgan fingerprint density at radius 3 is 1.60 bits per heavy atom. The minimum absolute atomic E-state index is 0.0161. The number of aryl methyl sites for hydroxylation is 4. The van der Waals surface area contributed by atoms with Gasteiger partial charge < -0.3 is 19.3 Å². The van der Waals surface area contributed by atoms with Crippen LogP contribution in [0.15, 0.2) is 82.8 Å². The fourth-order valence-electron chi connectivity index (χ4n) is 7.83. The lowest BCUT2D eigenvalue weighted by molar-refractivity contribution is 0.474. The summed E-state index contributed by atoms with van der Waals surface area (Å²) in [5, 5.41) is 27.2. The van der Waals surface area contributed by atoms with Crippen LogP contribution in [0.3, 0.4) is 0 Å². The molecule has 0 aliphatic carbocycles. The van der Waals surface area contributed by atoms with Crippen molar-refractivity contribution in [3.8, 4) is 11.5 Å². The lowest BCUT2D eigenvalue weighted by Gasteiger charge is -2.19. The van der Waals surface area contributed by atoms with Crippen molar-refractivity contribution in [1.82, 2.24) is 9.13 Å². The third kappa shape index (κ3) is 6.28. The van der Waals surface area contributed by atoms with Crippen molar-refractivity contribution < 1.29 is 10.2 Å². The van der Waals surface area contributed by atoms with E-state index < -0.39 is 0 Å². The molecule has 0 fully saturated rings. The van der Waals surface area contributed by atoms with E-state index in [1.807, 2.05) is 43.3 Å². The van der Waals surface area contributed by atoms with Crippen molar-refractivity contribution >= 4 is 67.4 Å². The molecule has 0 unspecified atom stereocenters. The van der Waals surface area contributed by atoms with Crippen molar-refractivity contribution in [1.29, 1.82) is 0 Å². The molecule has 272 valence electrons. The fraction of sp³-hybridized carbons (Fsp3) is 0.319. The van der Waals surface area contributed by atoms with Crippen LogP contribution in [-0.4, -0.2) is 31.8 Å². The first-order valence-corrected chi connectivity index (χ1v) is 18.8. The third-order valence-corrected chi connectivity index (χ3v) is 11.0. The van der Waals surface area contributed by atoms with Crippen molar-refractivity contribution in [2.45, 2.75) is 92.5 Å². The molecule has 0 radical (unpaired) electrons. The van der Waals surface area contributed by atoms with Gasteiger partial charge in [-0.1, -0.05) is 79.2 Å². The summed E-state index contributed by atoms with van der Waals surface area (Å²) in [5.41, 5.74) is 11.7. The molecule has 7 rings (SSSR count). The second-order valence-corrected chi connectivity index (χ2v) is 16.7. The summed E-state index contributed by atoms with van der Waals surface area (Å²) < 4.78 is 4.62. The molecular formula is C47H52N4O2. The normalized spacial score (nSPS) is 12.9. The largest absolute Gasteiger partial charge is 0.507 e. The van der Waals surface area contributed by atoms with Gasteiger partial charge in [-0.25, -0.2) is 0 Å². The lowest BCUT2D eigenvalue weighted by atomic mass is 9.86. The van der Waals surface area contributed by atoms with Crippen molar-refractivity contribution in [2.24, 2.45) is 17.0 Å². The number of hydrogen-bond donors (Lipinski definition) is 2. The first kappa shape index (κ1) is 36.0. The Balaban J connectivity index is 1.29. The number of phenols is 2. The molecule has 2 heterocycles. The van der Waals surface area contributed by atoms with Crippen molar-refractivity contribution in [3.63, 3.8) is 0 Å². The standard InChI is InChI=1S/C47H52N4O2/c1-11-12-21-51-41-20-18-31(47(7,8)9)23-33(41)35-25-43(53)37(29(3)45(35)51)27-49-39-16-14-13-15-38(39)48-26-36-28(2)44-34(24-42(36)52)32-22-30(46(4,5)6)17-19-40(32)50(44)10/h13-20,22-27,52-53H,11-12,21H2,1-10H3. The number of para-hydroxylation sites is 2. The van der Waals surface area contributed by atoms with Crippen LogP contribution in [0.4, 0.5) is 11.4 Å². The number of aromatic hydroxyl groups is 2. The SMILES string of the molecule is CCCCn1c2ccc(C(C)(C)C)cc2c2cc(O)c(C=Nc3ccccc3N=Cc3c(O)cc4c5cc(C(C)(C)C)ccc5n(C)c4c3C)c(C)c21. The van der Waals surface area contributed by atoms with E-state index in [0.717, 1.165) is 63.2 Å². The molecule has 5 aromatic carbocycles. The highest BCUT2D eigenvalue weighted by Gasteiger charge is 2.22. The summed E-state index contributed by atoms with van der Waals surface area (Å²) in [6.45, 7) is 20.6. The Hall–Kier alpha value is -5.36. The maximum absolute atomic E-state index is 11.5. The predicted octanol–water partition coefficient (Wildman–Crippen LogP) is 12.4. The van der Waals surface area contributed by atoms with Crippen LogP contribution >= 0.6 is 0 Å². The summed E-state index contributed by atoms with van der Waals surface area (Å²) in [4.78, 5) is 9.77. The summed E-state index contributed by atoms with van der Waals surface area (Å²) >= 11 is 0. The number of phenolic OH excluding ortho intramolecular Hbond substituents is 2. The van der Waals surface area contributed by atoms with Gasteiger partial charge in [0.1, 0.15) is 11.5 Å². The molecule has 0 spiro atoms. The minimum atomic E-state index is 0.0161. The average Bonchev–Trinajstić information content (AvgIpc) is 3.57. The molecular weight excluding hydrogens is 653 g/mol.